The second kappa shape index (κ2) is 12.7. The summed E-state index contributed by atoms with van der Waals surface area (Å²) in [7, 11) is 0. The van der Waals surface area contributed by atoms with Gasteiger partial charge in [0.15, 0.2) is 17.5 Å². The maximum absolute atomic E-state index is 5.26. The quantitative estimate of drug-likeness (QED) is 0.176. The van der Waals surface area contributed by atoms with Crippen molar-refractivity contribution in [3.8, 4) is 56.7 Å². The normalized spacial score (nSPS) is 13.1. The van der Waals surface area contributed by atoms with Gasteiger partial charge < -0.3 is 9.13 Å². The lowest BCUT2D eigenvalue weighted by atomic mass is 9.81. The summed E-state index contributed by atoms with van der Waals surface area (Å²) >= 11 is 0. The van der Waals surface area contributed by atoms with E-state index < -0.39 is 0 Å². The van der Waals surface area contributed by atoms with Gasteiger partial charge in [0.25, 0.3) is 0 Å². The monoisotopic (exact) mass is 755 g/mol. The molecule has 11 aromatic rings. The average molecular weight is 756 g/mol. The molecule has 0 amide bonds. The zero-order valence-electron chi connectivity index (χ0n) is 32.6. The van der Waals surface area contributed by atoms with Gasteiger partial charge in [-0.15, -0.1) is 0 Å². The van der Waals surface area contributed by atoms with Gasteiger partial charge in [0.1, 0.15) is 0 Å². The lowest BCUT2D eigenvalue weighted by Crippen LogP contribution is -2.16. The molecule has 0 N–H and O–H groups in total. The first-order valence-electron chi connectivity index (χ1n) is 20.2. The van der Waals surface area contributed by atoms with Crippen molar-refractivity contribution in [1.29, 1.82) is 0 Å². The summed E-state index contributed by atoms with van der Waals surface area (Å²) in [5.74, 6) is 1.88. The zero-order valence-corrected chi connectivity index (χ0v) is 32.6. The summed E-state index contributed by atoms with van der Waals surface area (Å²) in [5.41, 5.74) is 14.8. The number of nitrogens with zero attached hydrogens (tertiary/aromatic N) is 5. The first-order valence-corrected chi connectivity index (χ1v) is 20.2. The lowest BCUT2D eigenvalue weighted by molar-refractivity contribution is 0.664. The topological polar surface area (TPSA) is 48.5 Å². The van der Waals surface area contributed by atoms with Crippen LogP contribution in [0.4, 0.5) is 0 Å². The fourth-order valence-electron chi connectivity index (χ4n) is 9.70. The number of rotatable bonds is 5. The number of hydrogen-bond acceptors (Lipinski definition) is 3. The van der Waals surface area contributed by atoms with Crippen LogP contribution in [-0.4, -0.2) is 24.1 Å². The molecule has 0 radical (unpaired) electrons. The number of aromatic nitrogens is 5. The number of benzene rings is 8. The Morgan fingerprint density at radius 3 is 1.47 bits per heavy atom. The highest BCUT2D eigenvalue weighted by Crippen LogP contribution is 2.53. The molecule has 12 rings (SSSR count). The SMILES string of the molecule is CC1(C)c2ccccc2-c2ccc3c4ccccc4n(-c4cccc(-c5nc(-c6ccccc6)nc(-c6cccc(-n7c8ccccc8c8ccccc87)c6)n5)c4)c3c21. The molecule has 278 valence electrons. The molecule has 0 aliphatic heterocycles. The molecule has 5 heteroatoms. The molecule has 5 nitrogen and oxygen atoms in total. The molecule has 3 aromatic heterocycles. The summed E-state index contributed by atoms with van der Waals surface area (Å²) in [6, 6.07) is 66.9. The van der Waals surface area contributed by atoms with E-state index in [1.165, 1.54) is 54.8 Å². The van der Waals surface area contributed by atoms with Crippen molar-refractivity contribution in [3.05, 3.63) is 199 Å². The minimum atomic E-state index is -0.184. The Bertz CT molecular complexity index is 3430. The van der Waals surface area contributed by atoms with E-state index in [2.05, 4.69) is 193 Å². The molecule has 0 atom stereocenters. The number of para-hydroxylation sites is 3. The van der Waals surface area contributed by atoms with Crippen molar-refractivity contribution in [1.82, 2.24) is 24.1 Å². The highest BCUT2D eigenvalue weighted by Gasteiger charge is 2.38. The van der Waals surface area contributed by atoms with E-state index >= 15 is 0 Å². The Kier molecular flexibility index (Phi) is 7.20. The predicted molar refractivity (Wildman–Crippen MR) is 242 cm³/mol. The Labute approximate surface area is 341 Å². The molecule has 0 unspecified atom stereocenters. The molecule has 0 saturated heterocycles. The lowest BCUT2D eigenvalue weighted by Gasteiger charge is -2.23. The van der Waals surface area contributed by atoms with Crippen LogP contribution in [-0.2, 0) is 5.41 Å². The fourth-order valence-corrected chi connectivity index (χ4v) is 9.70. The van der Waals surface area contributed by atoms with Crippen LogP contribution in [0.5, 0.6) is 0 Å². The van der Waals surface area contributed by atoms with Gasteiger partial charge in [0.05, 0.1) is 22.1 Å². The molecule has 0 bridgehead atoms. The Morgan fingerprint density at radius 1 is 0.373 bits per heavy atom. The second-order valence-corrected chi connectivity index (χ2v) is 16.1. The first-order chi connectivity index (χ1) is 29.0. The van der Waals surface area contributed by atoms with Gasteiger partial charge in [0, 0.05) is 55.0 Å². The maximum Gasteiger partial charge on any atom is 0.164 e. The molecule has 1 aliphatic rings. The fraction of sp³-hybridized carbons (Fsp3) is 0.0556. The van der Waals surface area contributed by atoms with Crippen LogP contribution in [0, 0.1) is 0 Å². The van der Waals surface area contributed by atoms with E-state index in [0.717, 1.165) is 39.1 Å². The van der Waals surface area contributed by atoms with E-state index in [-0.39, 0.29) is 5.41 Å². The summed E-state index contributed by atoms with van der Waals surface area (Å²) in [6.45, 7) is 4.73. The van der Waals surface area contributed by atoms with Crippen LogP contribution in [0.25, 0.3) is 100 Å². The van der Waals surface area contributed by atoms with Gasteiger partial charge in [0.2, 0.25) is 0 Å². The summed E-state index contributed by atoms with van der Waals surface area (Å²) in [6.07, 6.45) is 0. The minimum absolute atomic E-state index is 0.184. The van der Waals surface area contributed by atoms with Crippen LogP contribution in [0.2, 0.25) is 0 Å². The Morgan fingerprint density at radius 2 is 0.847 bits per heavy atom. The molecular weight excluding hydrogens is 719 g/mol. The van der Waals surface area contributed by atoms with Crippen molar-refractivity contribution in [2.24, 2.45) is 0 Å². The van der Waals surface area contributed by atoms with Gasteiger partial charge in [-0.3, -0.25) is 0 Å². The van der Waals surface area contributed by atoms with Crippen LogP contribution in [0.15, 0.2) is 188 Å². The van der Waals surface area contributed by atoms with Crippen molar-refractivity contribution in [3.63, 3.8) is 0 Å². The summed E-state index contributed by atoms with van der Waals surface area (Å²) in [4.78, 5) is 15.6. The summed E-state index contributed by atoms with van der Waals surface area (Å²) in [5, 5.41) is 4.94. The van der Waals surface area contributed by atoms with E-state index in [0.29, 0.717) is 17.5 Å². The smallest absolute Gasteiger partial charge is 0.164 e. The first kappa shape index (κ1) is 33.5. The van der Waals surface area contributed by atoms with Gasteiger partial charge in [-0.05, 0) is 64.7 Å². The van der Waals surface area contributed by atoms with Crippen LogP contribution in [0.1, 0.15) is 25.0 Å². The number of fused-ring (bicyclic) bond motifs is 10. The van der Waals surface area contributed by atoms with E-state index in [9.17, 15) is 0 Å². The van der Waals surface area contributed by atoms with E-state index in [1.807, 2.05) is 18.2 Å². The van der Waals surface area contributed by atoms with Gasteiger partial charge in [-0.2, -0.15) is 0 Å². The third-order valence-corrected chi connectivity index (χ3v) is 12.3. The van der Waals surface area contributed by atoms with Gasteiger partial charge >= 0.3 is 0 Å². The molecule has 59 heavy (non-hydrogen) atoms. The van der Waals surface area contributed by atoms with E-state index in [4.69, 9.17) is 15.0 Å². The van der Waals surface area contributed by atoms with Crippen molar-refractivity contribution < 1.29 is 0 Å². The van der Waals surface area contributed by atoms with Gasteiger partial charge in [-0.25, -0.2) is 15.0 Å². The maximum atomic E-state index is 5.26. The Hall–Kier alpha value is -7.63. The third kappa shape index (κ3) is 5.01. The molecule has 0 spiro atoms. The average Bonchev–Trinajstić information content (AvgIpc) is 3.90. The molecule has 3 heterocycles. The molecular formula is C54H37N5. The second-order valence-electron chi connectivity index (χ2n) is 16.1. The molecule has 0 saturated carbocycles. The van der Waals surface area contributed by atoms with Crippen molar-refractivity contribution in [2.45, 2.75) is 19.3 Å². The van der Waals surface area contributed by atoms with Crippen LogP contribution < -0.4 is 0 Å². The minimum Gasteiger partial charge on any atom is -0.309 e. The van der Waals surface area contributed by atoms with Crippen molar-refractivity contribution in [2.75, 3.05) is 0 Å². The summed E-state index contributed by atoms with van der Waals surface area (Å²) < 4.78 is 4.79. The molecule has 1 aliphatic carbocycles. The highest BCUT2D eigenvalue weighted by molar-refractivity contribution is 6.13. The standard InChI is InChI=1S/C54H37N5/c1-54(2)45-26-10-6-22-39(45)43-30-31-44-42-25-9-13-29-48(42)59(50(44)49(43)54)38-21-15-19-36(33-38)53-56-51(34-16-4-3-5-17-34)55-52(57-53)35-18-14-20-37(32-35)58-46-27-11-7-23-40(46)41-24-8-12-28-47(41)58/h3-33H,1-2H3. The van der Waals surface area contributed by atoms with Crippen LogP contribution >= 0.6 is 0 Å². The van der Waals surface area contributed by atoms with Crippen LogP contribution in [0.3, 0.4) is 0 Å². The predicted octanol–water partition coefficient (Wildman–Crippen LogP) is 13.4. The highest BCUT2D eigenvalue weighted by atomic mass is 15.0. The molecule has 0 fully saturated rings. The van der Waals surface area contributed by atoms with Gasteiger partial charge in [-0.1, -0.05) is 159 Å². The van der Waals surface area contributed by atoms with Crippen molar-refractivity contribution >= 4 is 43.6 Å². The third-order valence-electron chi connectivity index (χ3n) is 12.3. The largest absolute Gasteiger partial charge is 0.309 e. The zero-order chi connectivity index (χ0) is 39.2. The number of hydrogen-bond donors (Lipinski definition) is 0. The van der Waals surface area contributed by atoms with E-state index in [1.54, 1.807) is 0 Å². The molecule has 8 aromatic carbocycles. The Balaban J connectivity index is 1.06.